The summed E-state index contributed by atoms with van der Waals surface area (Å²) in [6.45, 7) is 1.45. The first-order chi connectivity index (χ1) is 15.9. The molecule has 0 unspecified atom stereocenters. The molecule has 2 amide bonds. The first-order valence-electron chi connectivity index (χ1n) is 9.53. The van der Waals surface area contributed by atoms with Gasteiger partial charge in [0.1, 0.15) is 5.75 Å². The van der Waals surface area contributed by atoms with Gasteiger partial charge in [0, 0.05) is 11.4 Å². The average Bonchev–Trinajstić information content (AvgIpc) is 3.30. The molecule has 0 bridgehead atoms. The summed E-state index contributed by atoms with van der Waals surface area (Å²) in [6.07, 6.45) is 0. The van der Waals surface area contributed by atoms with E-state index >= 15 is 0 Å². The molecule has 0 atom stereocenters. The van der Waals surface area contributed by atoms with E-state index in [-0.39, 0.29) is 22.2 Å². The molecule has 33 heavy (non-hydrogen) atoms. The minimum atomic E-state index is -1.10. The number of carbonyl (C=O) groups excluding carboxylic acids is 3. The van der Waals surface area contributed by atoms with Crippen LogP contribution >= 0.6 is 11.3 Å². The molecule has 0 aliphatic carbocycles. The molecule has 0 saturated heterocycles. The number of esters is 1. The van der Waals surface area contributed by atoms with E-state index in [1.54, 1.807) is 25.1 Å². The summed E-state index contributed by atoms with van der Waals surface area (Å²) in [5.74, 6) is -2.44. The van der Waals surface area contributed by atoms with Crippen LogP contribution in [0.1, 0.15) is 36.9 Å². The third-order valence-corrected chi connectivity index (χ3v) is 4.84. The fourth-order valence-electron chi connectivity index (χ4n) is 2.49. The lowest BCUT2D eigenvalue weighted by molar-refractivity contribution is -0.139. The van der Waals surface area contributed by atoms with E-state index in [0.29, 0.717) is 17.1 Å². The summed E-state index contributed by atoms with van der Waals surface area (Å²) in [6, 6.07) is 12.3. The lowest BCUT2D eigenvalue weighted by Gasteiger charge is -2.06. The van der Waals surface area contributed by atoms with Crippen molar-refractivity contribution in [3.05, 3.63) is 64.1 Å². The molecule has 170 valence electrons. The van der Waals surface area contributed by atoms with Gasteiger partial charge >= 0.3 is 11.9 Å². The number of carboxylic acid groups (broad SMARTS) is 1. The highest BCUT2D eigenvalue weighted by Crippen LogP contribution is 2.19. The maximum Gasteiger partial charge on any atom is 0.341 e. The molecule has 3 rings (SSSR count). The highest BCUT2D eigenvalue weighted by Gasteiger charge is 2.18. The van der Waals surface area contributed by atoms with Crippen LogP contribution in [0.5, 0.6) is 5.75 Å². The molecule has 0 aliphatic rings. The Bertz CT molecular complexity index is 1180. The van der Waals surface area contributed by atoms with Crippen LogP contribution in [0, 0.1) is 0 Å². The van der Waals surface area contributed by atoms with Crippen LogP contribution < -0.4 is 15.4 Å². The Morgan fingerprint density at radius 3 is 2.18 bits per heavy atom. The lowest BCUT2D eigenvalue weighted by Crippen LogP contribution is -2.12. The van der Waals surface area contributed by atoms with Crippen molar-refractivity contribution in [3.63, 3.8) is 0 Å². The zero-order chi connectivity index (χ0) is 23.8. The quantitative estimate of drug-likeness (QED) is 0.400. The van der Waals surface area contributed by atoms with Crippen molar-refractivity contribution in [1.82, 2.24) is 10.2 Å². The Labute approximate surface area is 191 Å². The van der Waals surface area contributed by atoms with Crippen molar-refractivity contribution >= 4 is 46.5 Å². The van der Waals surface area contributed by atoms with Crippen molar-refractivity contribution in [3.8, 4) is 5.75 Å². The normalized spacial score (nSPS) is 10.2. The number of hydrogen-bond acceptors (Lipinski definition) is 9. The number of benzene rings is 2. The maximum absolute atomic E-state index is 12.5. The van der Waals surface area contributed by atoms with Crippen LogP contribution in [-0.2, 0) is 9.53 Å². The molecule has 2 aromatic carbocycles. The van der Waals surface area contributed by atoms with Gasteiger partial charge in [0.25, 0.3) is 11.8 Å². The molecule has 0 spiro atoms. The topological polar surface area (TPSA) is 157 Å². The van der Waals surface area contributed by atoms with E-state index in [9.17, 15) is 19.2 Å². The summed E-state index contributed by atoms with van der Waals surface area (Å²) in [7, 11) is 0. The third-order valence-electron chi connectivity index (χ3n) is 3.92. The smallest absolute Gasteiger partial charge is 0.341 e. The number of nitrogens with zero attached hydrogens (tertiary/aromatic N) is 2. The van der Waals surface area contributed by atoms with E-state index < -0.39 is 30.4 Å². The number of aromatic nitrogens is 2. The van der Waals surface area contributed by atoms with Crippen LogP contribution in [0.3, 0.4) is 0 Å². The summed E-state index contributed by atoms with van der Waals surface area (Å²) in [5.41, 5.74) is 1.06. The number of hydrogen-bond donors (Lipinski definition) is 3. The molecule has 3 N–H and O–H groups in total. The van der Waals surface area contributed by atoms with E-state index in [0.717, 1.165) is 11.3 Å². The zero-order valence-electron chi connectivity index (χ0n) is 17.2. The summed E-state index contributed by atoms with van der Waals surface area (Å²) >= 11 is 0.793. The third kappa shape index (κ3) is 6.58. The number of nitrogens with one attached hydrogen (secondary N) is 2. The predicted octanol–water partition coefficient (Wildman–Crippen LogP) is 2.68. The molecule has 0 fully saturated rings. The minimum Gasteiger partial charge on any atom is -0.482 e. The van der Waals surface area contributed by atoms with Crippen LogP contribution in [0.15, 0.2) is 48.5 Å². The standard InChI is InChI=1S/C21H18N4O7S/c1-2-31-21(30)12-4-3-5-14(10-12)23-18(29)20-25-24-19(33-20)17(28)22-13-6-8-15(9-7-13)32-11-16(26)27/h3-10H,2,11H2,1H3,(H,22,28)(H,23,29)(H,26,27). The Morgan fingerprint density at radius 2 is 1.58 bits per heavy atom. The van der Waals surface area contributed by atoms with Crippen molar-refractivity contribution in [2.75, 3.05) is 23.8 Å². The van der Waals surface area contributed by atoms with Gasteiger partial charge in [-0.15, -0.1) is 10.2 Å². The number of anilines is 2. The highest BCUT2D eigenvalue weighted by molar-refractivity contribution is 7.15. The molecule has 11 nitrogen and oxygen atoms in total. The highest BCUT2D eigenvalue weighted by atomic mass is 32.1. The van der Waals surface area contributed by atoms with Crippen molar-refractivity contribution in [2.24, 2.45) is 0 Å². The molecule has 1 aromatic heterocycles. The number of carboxylic acids is 1. The van der Waals surface area contributed by atoms with Gasteiger partial charge in [0.15, 0.2) is 6.61 Å². The van der Waals surface area contributed by atoms with Crippen molar-refractivity contribution in [1.29, 1.82) is 0 Å². The number of amides is 2. The van der Waals surface area contributed by atoms with Crippen LogP contribution in [0.2, 0.25) is 0 Å². The molecule has 0 radical (unpaired) electrons. The molecule has 1 heterocycles. The van der Waals surface area contributed by atoms with Gasteiger partial charge in [-0.2, -0.15) is 0 Å². The second-order valence-corrected chi connectivity index (χ2v) is 7.31. The van der Waals surface area contributed by atoms with Gasteiger partial charge in [-0.1, -0.05) is 17.4 Å². The SMILES string of the molecule is CCOC(=O)c1cccc(NC(=O)c2nnc(C(=O)Nc3ccc(OCC(=O)O)cc3)s2)c1. The fourth-order valence-corrected chi connectivity index (χ4v) is 3.13. The Kier molecular flexibility index (Phi) is 7.65. The molecular weight excluding hydrogens is 452 g/mol. The van der Waals surface area contributed by atoms with Gasteiger partial charge in [0.2, 0.25) is 10.0 Å². The summed E-state index contributed by atoms with van der Waals surface area (Å²) in [5, 5.41) is 21.2. The molecule has 12 heteroatoms. The Morgan fingerprint density at radius 1 is 0.939 bits per heavy atom. The van der Waals surface area contributed by atoms with Crippen LogP contribution in [-0.4, -0.2) is 52.3 Å². The van der Waals surface area contributed by atoms with Gasteiger partial charge in [-0.3, -0.25) is 9.59 Å². The number of carbonyl (C=O) groups is 4. The number of aliphatic carboxylic acids is 1. The van der Waals surface area contributed by atoms with E-state index in [2.05, 4.69) is 20.8 Å². The number of rotatable bonds is 9. The second kappa shape index (κ2) is 10.8. The minimum absolute atomic E-state index is 0.0355. The zero-order valence-corrected chi connectivity index (χ0v) is 18.0. The molecular formula is C21H18N4O7S. The second-order valence-electron chi connectivity index (χ2n) is 6.33. The molecule has 3 aromatic rings. The largest absolute Gasteiger partial charge is 0.482 e. The first-order valence-corrected chi connectivity index (χ1v) is 10.4. The first kappa shape index (κ1) is 23.3. The van der Waals surface area contributed by atoms with E-state index in [1.165, 1.54) is 30.3 Å². The van der Waals surface area contributed by atoms with Crippen molar-refractivity contribution < 1.29 is 33.8 Å². The van der Waals surface area contributed by atoms with Gasteiger partial charge in [-0.25, -0.2) is 9.59 Å². The Balaban J connectivity index is 1.60. The fraction of sp³-hybridized carbons (Fsp3) is 0.143. The van der Waals surface area contributed by atoms with Crippen molar-refractivity contribution in [2.45, 2.75) is 6.92 Å². The van der Waals surface area contributed by atoms with Gasteiger partial charge in [0.05, 0.1) is 12.2 Å². The Hall–Kier alpha value is -4.32. The van der Waals surface area contributed by atoms with Gasteiger partial charge in [-0.05, 0) is 49.4 Å². The predicted molar refractivity (Wildman–Crippen MR) is 118 cm³/mol. The number of ether oxygens (including phenoxy) is 2. The van der Waals surface area contributed by atoms with E-state index in [4.69, 9.17) is 14.6 Å². The molecule has 0 saturated carbocycles. The maximum atomic E-state index is 12.5. The van der Waals surface area contributed by atoms with E-state index in [1.807, 2.05) is 0 Å². The summed E-state index contributed by atoms with van der Waals surface area (Å²) in [4.78, 5) is 47.2. The average molecular weight is 470 g/mol. The van der Waals surface area contributed by atoms with Crippen LogP contribution in [0.25, 0.3) is 0 Å². The summed E-state index contributed by atoms with van der Waals surface area (Å²) < 4.78 is 9.95. The van der Waals surface area contributed by atoms with Gasteiger partial charge < -0.3 is 25.2 Å². The molecule has 0 aliphatic heterocycles. The van der Waals surface area contributed by atoms with Crippen LogP contribution in [0.4, 0.5) is 11.4 Å². The monoisotopic (exact) mass is 470 g/mol. The lowest BCUT2D eigenvalue weighted by atomic mass is 10.2.